The van der Waals surface area contributed by atoms with Gasteiger partial charge in [0, 0.05) is 24.4 Å². The normalized spacial score (nSPS) is 16.5. The molecule has 1 amide bonds. The summed E-state index contributed by atoms with van der Waals surface area (Å²) in [5, 5.41) is 0. The molecule has 7 nitrogen and oxygen atoms in total. The molecule has 1 aliphatic heterocycles. The average molecular weight is 385 g/mol. The second kappa shape index (κ2) is 9.39. The number of piperidine rings is 1. The number of carbonyl (C=O) groups excluding carboxylic acids is 1. The highest BCUT2D eigenvalue weighted by Crippen LogP contribution is 2.29. The topological polar surface area (TPSA) is 73.8 Å². The number of amides is 1. The third kappa shape index (κ3) is 4.91. The largest absolute Gasteiger partial charge is 0.490 e. The number of carbonyl (C=O) groups is 1. The summed E-state index contributed by atoms with van der Waals surface area (Å²) in [7, 11) is 0. The number of nitrogens with zero attached hydrogens (tertiary/aromatic N) is 3. The van der Waals surface area contributed by atoms with Crippen LogP contribution in [0.3, 0.4) is 0 Å². The van der Waals surface area contributed by atoms with Crippen LogP contribution in [0, 0.1) is 6.92 Å². The summed E-state index contributed by atoms with van der Waals surface area (Å²) in [6.45, 7) is 7.94. The van der Waals surface area contributed by atoms with E-state index in [1.807, 2.05) is 25.7 Å². The maximum absolute atomic E-state index is 13.0. The number of aryl methyl sites for hydroxylation is 1. The van der Waals surface area contributed by atoms with Crippen LogP contribution in [-0.2, 0) is 0 Å². The van der Waals surface area contributed by atoms with Gasteiger partial charge in [0.05, 0.1) is 19.8 Å². The number of benzene rings is 1. The monoisotopic (exact) mass is 385 g/mol. The van der Waals surface area contributed by atoms with E-state index in [1.54, 1.807) is 30.5 Å². The second-order valence-electron chi connectivity index (χ2n) is 6.60. The number of likely N-dealkylation sites (tertiary alicyclic amines) is 1. The van der Waals surface area contributed by atoms with Crippen molar-refractivity contribution in [3.63, 3.8) is 0 Å². The van der Waals surface area contributed by atoms with Crippen LogP contribution in [0.5, 0.6) is 17.4 Å². The molecule has 1 aliphatic rings. The molecule has 0 saturated carbocycles. The Hall–Kier alpha value is -2.83. The maximum atomic E-state index is 13.0. The van der Waals surface area contributed by atoms with Crippen LogP contribution in [-0.4, -0.2) is 53.2 Å². The molecule has 1 atom stereocenters. The Morgan fingerprint density at radius 2 is 1.96 bits per heavy atom. The SMILES string of the molecule is CCOc1ccc(C(=O)N2CCCC(Oc3ccnc(C)n3)C2)cc1OCC. The van der Waals surface area contributed by atoms with Crippen molar-refractivity contribution in [2.75, 3.05) is 26.3 Å². The Morgan fingerprint density at radius 1 is 1.18 bits per heavy atom. The van der Waals surface area contributed by atoms with Crippen LogP contribution in [0.1, 0.15) is 42.9 Å². The van der Waals surface area contributed by atoms with Gasteiger partial charge in [0.2, 0.25) is 5.88 Å². The van der Waals surface area contributed by atoms with Gasteiger partial charge in [-0.15, -0.1) is 0 Å². The predicted octanol–water partition coefficient (Wildman–Crippen LogP) is 3.27. The minimum Gasteiger partial charge on any atom is -0.490 e. The Balaban J connectivity index is 1.70. The Labute approximate surface area is 165 Å². The van der Waals surface area contributed by atoms with Gasteiger partial charge in [0.25, 0.3) is 5.91 Å². The molecule has 1 unspecified atom stereocenters. The lowest BCUT2D eigenvalue weighted by Crippen LogP contribution is -2.44. The Kier molecular flexibility index (Phi) is 6.68. The smallest absolute Gasteiger partial charge is 0.254 e. The summed E-state index contributed by atoms with van der Waals surface area (Å²) in [4.78, 5) is 23.2. The molecule has 150 valence electrons. The molecule has 0 radical (unpaired) electrons. The Morgan fingerprint density at radius 3 is 2.71 bits per heavy atom. The Bertz CT molecular complexity index is 812. The highest BCUT2D eigenvalue weighted by Gasteiger charge is 2.26. The molecule has 1 saturated heterocycles. The minimum absolute atomic E-state index is 0.0313. The van der Waals surface area contributed by atoms with Crippen LogP contribution in [0.25, 0.3) is 0 Å². The molecule has 2 aromatic rings. The minimum atomic E-state index is -0.0824. The number of hydrogen-bond donors (Lipinski definition) is 0. The lowest BCUT2D eigenvalue weighted by molar-refractivity contribution is 0.0526. The quantitative estimate of drug-likeness (QED) is 0.728. The summed E-state index contributed by atoms with van der Waals surface area (Å²) >= 11 is 0. The van der Waals surface area contributed by atoms with Crippen LogP contribution in [0.15, 0.2) is 30.5 Å². The van der Waals surface area contributed by atoms with Gasteiger partial charge in [-0.25, -0.2) is 4.98 Å². The highest BCUT2D eigenvalue weighted by atomic mass is 16.5. The van der Waals surface area contributed by atoms with Gasteiger partial charge in [-0.05, 0) is 51.8 Å². The van der Waals surface area contributed by atoms with Crippen LogP contribution in [0.2, 0.25) is 0 Å². The van der Waals surface area contributed by atoms with Gasteiger partial charge in [-0.3, -0.25) is 4.79 Å². The molecule has 0 bridgehead atoms. The van der Waals surface area contributed by atoms with Crippen molar-refractivity contribution in [1.29, 1.82) is 0 Å². The number of aromatic nitrogens is 2. The third-order valence-corrected chi connectivity index (χ3v) is 4.49. The van der Waals surface area contributed by atoms with Crippen molar-refractivity contribution >= 4 is 5.91 Å². The molecule has 3 rings (SSSR count). The van der Waals surface area contributed by atoms with E-state index in [9.17, 15) is 4.79 Å². The number of hydrogen-bond acceptors (Lipinski definition) is 6. The first-order valence-electron chi connectivity index (χ1n) is 9.76. The molecule has 1 fully saturated rings. The summed E-state index contributed by atoms with van der Waals surface area (Å²) in [6, 6.07) is 7.08. The fourth-order valence-corrected chi connectivity index (χ4v) is 3.26. The van der Waals surface area contributed by atoms with Crippen molar-refractivity contribution in [2.24, 2.45) is 0 Å². The van der Waals surface area contributed by atoms with E-state index in [2.05, 4.69) is 9.97 Å². The molecule has 28 heavy (non-hydrogen) atoms. The van der Waals surface area contributed by atoms with Gasteiger partial charge < -0.3 is 19.1 Å². The molecule has 0 spiro atoms. The fourth-order valence-electron chi connectivity index (χ4n) is 3.26. The first-order valence-corrected chi connectivity index (χ1v) is 9.76. The molecular weight excluding hydrogens is 358 g/mol. The first-order chi connectivity index (χ1) is 13.6. The van der Waals surface area contributed by atoms with E-state index in [1.165, 1.54) is 0 Å². The van der Waals surface area contributed by atoms with Gasteiger partial charge in [0.15, 0.2) is 11.5 Å². The fraction of sp³-hybridized carbons (Fsp3) is 0.476. The van der Waals surface area contributed by atoms with Crippen LogP contribution >= 0.6 is 0 Å². The summed E-state index contributed by atoms with van der Waals surface area (Å²) < 4.78 is 17.2. The molecule has 0 aliphatic carbocycles. The molecule has 2 heterocycles. The van der Waals surface area contributed by atoms with E-state index >= 15 is 0 Å². The van der Waals surface area contributed by atoms with Crippen LogP contribution < -0.4 is 14.2 Å². The van der Waals surface area contributed by atoms with Gasteiger partial charge in [-0.2, -0.15) is 4.98 Å². The van der Waals surface area contributed by atoms with E-state index in [-0.39, 0.29) is 12.0 Å². The molecule has 0 N–H and O–H groups in total. The van der Waals surface area contributed by atoms with E-state index in [0.29, 0.717) is 55.1 Å². The van der Waals surface area contributed by atoms with Crippen molar-refractivity contribution in [1.82, 2.24) is 14.9 Å². The average Bonchev–Trinajstić information content (AvgIpc) is 2.69. The van der Waals surface area contributed by atoms with E-state index in [0.717, 1.165) is 12.8 Å². The van der Waals surface area contributed by atoms with Gasteiger partial charge in [0.1, 0.15) is 11.9 Å². The standard InChI is InChI=1S/C21H27N3O4/c1-4-26-18-9-8-16(13-19(18)27-5-2)21(25)24-12-6-7-17(14-24)28-20-10-11-22-15(3)23-20/h8-11,13,17H,4-7,12,14H2,1-3H3. The molecule has 7 heteroatoms. The van der Waals surface area contributed by atoms with Gasteiger partial charge in [-0.1, -0.05) is 0 Å². The second-order valence-corrected chi connectivity index (χ2v) is 6.60. The maximum Gasteiger partial charge on any atom is 0.254 e. The van der Waals surface area contributed by atoms with E-state index in [4.69, 9.17) is 14.2 Å². The van der Waals surface area contributed by atoms with Crippen LogP contribution in [0.4, 0.5) is 0 Å². The van der Waals surface area contributed by atoms with Gasteiger partial charge >= 0.3 is 0 Å². The molecule has 1 aromatic carbocycles. The van der Waals surface area contributed by atoms with Crippen molar-refractivity contribution in [3.05, 3.63) is 41.9 Å². The third-order valence-electron chi connectivity index (χ3n) is 4.49. The number of ether oxygens (including phenoxy) is 3. The molecule has 1 aromatic heterocycles. The highest BCUT2D eigenvalue weighted by molar-refractivity contribution is 5.95. The van der Waals surface area contributed by atoms with Crippen molar-refractivity contribution < 1.29 is 19.0 Å². The van der Waals surface area contributed by atoms with Crippen molar-refractivity contribution in [2.45, 2.75) is 39.7 Å². The van der Waals surface area contributed by atoms with E-state index < -0.39 is 0 Å². The summed E-state index contributed by atoms with van der Waals surface area (Å²) in [5.41, 5.74) is 0.588. The zero-order valence-electron chi connectivity index (χ0n) is 16.7. The summed E-state index contributed by atoms with van der Waals surface area (Å²) in [6.07, 6.45) is 3.37. The lowest BCUT2D eigenvalue weighted by Gasteiger charge is -2.32. The molecular formula is C21H27N3O4. The zero-order chi connectivity index (χ0) is 19.9. The van der Waals surface area contributed by atoms with Crippen molar-refractivity contribution in [3.8, 4) is 17.4 Å². The first kappa shape index (κ1) is 19.9. The summed E-state index contributed by atoms with van der Waals surface area (Å²) in [5.74, 6) is 2.43. The number of rotatable bonds is 7. The predicted molar refractivity (Wildman–Crippen MR) is 105 cm³/mol. The zero-order valence-corrected chi connectivity index (χ0v) is 16.7. The lowest BCUT2D eigenvalue weighted by atomic mass is 10.1.